The largest absolute Gasteiger partial charge is 0.496 e. The van der Waals surface area contributed by atoms with Crippen molar-refractivity contribution in [3.05, 3.63) is 28.8 Å². The Bertz CT molecular complexity index is 472. The molecule has 0 aliphatic heterocycles. The van der Waals surface area contributed by atoms with Crippen LogP contribution in [0.4, 0.5) is 4.79 Å². The van der Waals surface area contributed by atoms with Crippen LogP contribution in [-0.4, -0.2) is 25.3 Å². The Morgan fingerprint density at radius 3 is 2.65 bits per heavy atom. The lowest BCUT2D eigenvalue weighted by Gasteiger charge is -2.21. The molecule has 0 bridgehead atoms. The molecule has 0 saturated heterocycles. The van der Waals surface area contributed by atoms with Gasteiger partial charge in [-0.2, -0.15) is 0 Å². The number of amides is 1. The van der Waals surface area contributed by atoms with Gasteiger partial charge in [0.15, 0.2) is 0 Å². The Hall–Kier alpha value is -1.46. The summed E-state index contributed by atoms with van der Waals surface area (Å²) in [5, 5.41) is 3.19. The Morgan fingerprint density at radius 2 is 2.10 bits per heavy atom. The summed E-state index contributed by atoms with van der Waals surface area (Å²) in [4.78, 5) is 11.6. The van der Waals surface area contributed by atoms with Crippen molar-refractivity contribution in [2.45, 2.75) is 32.4 Å². The Morgan fingerprint density at radius 1 is 1.45 bits per heavy atom. The number of ether oxygens (including phenoxy) is 2. The third-order valence-corrected chi connectivity index (χ3v) is 2.69. The van der Waals surface area contributed by atoms with Crippen molar-refractivity contribution in [2.24, 2.45) is 5.73 Å². The van der Waals surface area contributed by atoms with Crippen LogP contribution in [0.5, 0.6) is 5.75 Å². The van der Waals surface area contributed by atoms with E-state index in [9.17, 15) is 4.79 Å². The number of nitrogens with one attached hydrogen (secondary N) is 1. The van der Waals surface area contributed by atoms with Crippen LogP contribution in [0.1, 0.15) is 32.4 Å². The lowest BCUT2D eigenvalue weighted by molar-refractivity contribution is 0.0524. The number of benzene rings is 1. The van der Waals surface area contributed by atoms with Gasteiger partial charge in [-0.25, -0.2) is 4.79 Å². The van der Waals surface area contributed by atoms with Crippen molar-refractivity contribution in [2.75, 3.05) is 13.7 Å². The van der Waals surface area contributed by atoms with Gasteiger partial charge in [0.1, 0.15) is 11.4 Å². The number of methoxy groups -OCH3 is 1. The molecule has 1 atom stereocenters. The van der Waals surface area contributed by atoms with Crippen LogP contribution in [-0.2, 0) is 4.74 Å². The standard InChI is InChI=1S/C14H21ClN2O3/c1-14(2,3)20-13(18)17-8-11(16)10-7-9(15)5-6-12(10)19-4/h5-7,11H,8,16H2,1-4H3,(H,17,18). The molecule has 20 heavy (non-hydrogen) atoms. The average Bonchev–Trinajstić information content (AvgIpc) is 2.33. The minimum Gasteiger partial charge on any atom is -0.496 e. The van der Waals surface area contributed by atoms with Gasteiger partial charge in [0, 0.05) is 17.1 Å². The van der Waals surface area contributed by atoms with Crippen molar-refractivity contribution < 1.29 is 14.3 Å². The second kappa shape index (κ2) is 6.81. The number of carbonyl (C=O) groups is 1. The van der Waals surface area contributed by atoms with Gasteiger partial charge in [-0.15, -0.1) is 0 Å². The first-order chi connectivity index (χ1) is 9.23. The van der Waals surface area contributed by atoms with Crippen molar-refractivity contribution in [3.8, 4) is 5.75 Å². The molecule has 6 heteroatoms. The summed E-state index contributed by atoms with van der Waals surface area (Å²) < 4.78 is 10.4. The molecule has 1 amide bonds. The summed E-state index contributed by atoms with van der Waals surface area (Å²) in [6, 6.07) is 4.75. The summed E-state index contributed by atoms with van der Waals surface area (Å²) in [7, 11) is 1.56. The van der Waals surface area contributed by atoms with E-state index in [4.69, 9.17) is 26.8 Å². The van der Waals surface area contributed by atoms with Crippen LogP contribution >= 0.6 is 11.6 Å². The van der Waals surface area contributed by atoms with Gasteiger partial charge < -0.3 is 20.5 Å². The summed E-state index contributed by atoms with van der Waals surface area (Å²) in [5.74, 6) is 0.632. The second-order valence-corrected chi connectivity index (χ2v) is 5.81. The van der Waals surface area contributed by atoms with Gasteiger partial charge in [-0.05, 0) is 39.0 Å². The molecule has 0 heterocycles. The van der Waals surface area contributed by atoms with Gasteiger partial charge in [-0.1, -0.05) is 11.6 Å². The SMILES string of the molecule is COc1ccc(Cl)cc1C(N)CNC(=O)OC(C)(C)C. The predicted octanol–water partition coefficient (Wildman–Crippen LogP) is 2.87. The van der Waals surface area contributed by atoms with E-state index < -0.39 is 17.7 Å². The number of carbonyl (C=O) groups excluding carboxylic acids is 1. The first-order valence-corrected chi connectivity index (χ1v) is 6.66. The minimum atomic E-state index is -0.540. The number of alkyl carbamates (subject to hydrolysis) is 1. The van der Waals surface area contributed by atoms with Crippen molar-refractivity contribution in [1.29, 1.82) is 0 Å². The van der Waals surface area contributed by atoms with Crippen LogP contribution in [0.15, 0.2) is 18.2 Å². The zero-order valence-corrected chi connectivity index (χ0v) is 13.0. The van der Waals surface area contributed by atoms with Crippen LogP contribution in [0.2, 0.25) is 5.02 Å². The summed E-state index contributed by atoms with van der Waals surface area (Å²) in [6.45, 7) is 5.62. The molecule has 0 radical (unpaired) electrons. The Labute approximate surface area is 124 Å². The molecule has 1 rings (SSSR count). The molecule has 0 fully saturated rings. The van der Waals surface area contributed by atoms with E-state index >= 15 is 0 Å². The highest BCUT2D eigenvalue weighted by Crippen LogP contribution is 2.26. The van der Waals surface area contributed by atoms with Crippen LogP contribution in [0.3, 0.4) is 0 Å². The number of nitrogens with two attached hydrogens (primary N) is 1. The zero-order chi connectivity index (χ0) is 15.3. The van der Waals surface area contributed by atoms with Crippen LogP contribution in [0.25, 0.3) is 0 Å². The Balaban J connectivity index is 2.65. The lowest BCUT2D eigenvalue weighted by atomic mass is 10.1. The molecule has 0 aromatic heterocycles. The molecule has 1 aromatic carbocycles. The van der Waals surface area contributed by atoms with Crippen molar-refractivity contribution in [3.63, 3.8) is 0 Å². The average molecular weight is 301 g/mol. The fraction of sp³-hybridized carbons (Fsp3) is 0.500. The number of rotatable bonds is 4. The molecule has 112 valence electrons. The molecule has 0 aliphatic rings. The van der Waals surface area contributed by atoms with Gasteiger partial charge in [-0.3, -0.25) is 0 Å². The molecule has 0 spiro atoms. The third kappa shape index (κ3) is 5.27. The minimum absolute atomic E-state index is 0.228. The topological polar surface area (TPSA) is 73.6 Å². The van der Waals surface area contributed by atoms with Gasteiger partial charge in [0.05, 0.1) is 13.2 Å². The fourth-order valence-electron chi connectivity index (χ4n) is 1.61. The maximum Gasteiger partial charge on any atom is 0.407 e. The molecule has 1 aromatic rings. The van der Waals surface area contributed by atoms with E-state index in [1.54, 1.807) is 46.1 Å². The van der Waals surface area contributed by atoms with Gasteiger partial charge in [0.25, 0.3) is 0 Å². The monoisotopic (exact) mass is 300 g/mol. The number of halogens is 1. The maximum atomic E-state index is 11.6. The first-order valence-electron chi connectivity index (χ1n) is 6.29. The molecule has 1 unspecified atom stereocenters. The summed E-state index contributed by atoms with van der Waals surface area (Å²) in [5.41, 5.74) is 6.24. The quantitative estimate of drug-likeness (QED) is 0.896. The van der Waals surface area contributed by atoms with E-state index in [1.165, 1.54) is 0 Å². The van der Waals surface area contributed by atoms with Crippen LogP contribution in [0, 0.1) is 0 Å². The highest BCUT2D eigenvalue weighted by atomic mass is 35.5. The van der Waals surface area contributed by atoms with Gasteiger partial charge >= 0.3 is 6.09 Å². The number of hydrogen-bond donors (Lipinski definition) is 2. The fourth-order valence-corrected chi connectivity index (χ4v) is 1.79. The van der Waals surface area contributed by atoms with Gasteiger partial charge in [0.2, 0.25) is 0 Å². The van der Waals surface area contributed by atoms with E-state index in [-0.39, 0.29) is 6.54 Å². The lowest BCUT2D eigenvalue weighted by Crippen LogP contribution is -2.36. The maximum absolute atomic E-state index is 11.6. The molecular formula is C14H21ClN2O3. The Kier molecular flexibility index (Phi) is 5.65. The third-order valence-electron chi connectivity index (χ3n) is 2.46. The molecule has 0 saturated carbocycles. The van der Waals surface area contributed by atoms with E-state index in [0.29, 0.717) is 10.8 Å². The predicted molar refractivity (Wildman–Crippen MR) is 79.2 cm³/mol. The summed E-state index contributed by atoms with van der Waals surface area (Å²) >= 11 is 5.94. The summed E-state index contributed by atoms with van der Waals surface area (Å²) in [6.07, 6.45) is -0.506. The van der Waals surface area contributed by atoms with E-state index in [0.717, 1.165) is 5.56 Å². The molecule has 0 aliphatic carbocycles. The highest BCUT2D eigenvalue weighted by molar-refractivity contribution is 6.30. The first kappa shape index (κ1) is 16.6. The number of hydrogen-bond acceptors (Lipinski definition) is 4. The second-order valence-electron chi connectivity index (χ2n) is 5.38. The van der Waals surface area contributed by atoms with E-state index in [2.05, 4.69) is 5.32 Å². The highest BCUT2D eigenvalue weighted by Gasteiger charge is 2.18. The molecule has 3 N–H and O–H groups in total. The van der Waals surface area contributed by atoms with Crippen molar-refractivity contribution >= 4 is 17.7 Å². The zero-order valence-electron chi connectivity index (χ0n) is 12.2. The normalized spacial score (nSPS) is 12.7. The van der Waals surface area contributed by atoms with E-state index in [1.807, 2.05) is 0 Å². The molecule has 5 nitrogen and oxygen atoms in total. The van der Waals surface area contributed by atoms with Crippen LogP contribution < -0.4 is 15.8 Å². The van der Waals surface area contributed by atoms with Crippen molar-refractivity contribution in [1.82, 2.24) is 5.32 Å². The molecular weight excluding hydrogens is 280 g/mol. The smallest absolute Gasteiger partial charge is 0.407 e.